The van der Waals surface area contributed by atoms with Crippen molar-refractivity contribution < 1.29 is 14.5 Å². The second-order valence-corrected chi connectivity index (χ2v) is 4.02. The molecule has 1 aromatic heterocycles. The van der Waals surface area contributed by atoms with Crippen molar-refractivity contribution in [2.75, 3.05) is 17.2 Å². The Morgan fingerprint density at radius 1 is 1.47 bits per heavy atom. The molecule has 7 heteroatoms. The third kappa shape index (κ3) is 2.35. The van der Waals surface area contributed by atoms with Crippen LogP contribution in [0, 0.1) is 6.92 Å². The Morgan fingerprint density at radius 2 is 2.21 bits per heavy atom. The van der Waals surface area contributed by atoms with Crippen molar-refractivity contribution >= 4 is 17.4 Å². The number of amides is 1. The molecule has 1 heterocycles. The van der Waals surface area contributed by atoms with Gasteiger partial charge in [0.25, 0.3) is 5.91 Å². The average Bonchev–Trinajstić information content (AvgIpc) is 2.80. The van der Waals surface area contributed by atoms with Crippen LogP contribution in [0.5, 0.6) is 5.75 Å². The molecule has 2 aromatic rings. The van der Waals surface area contributed by atoms with Gasteiger partial charge in [0.05, 0.1) is 5.69 Å². The molecule has 0 bridgehead atoms. The predicted octanol–water partition coefficient (Wildman–Crippen LogP) is 1.33. The smallest absolute Gasteiger partial charge is 0.284 e. The first-order chi connectivity index (χ1) is 9.04. The zero-order chi connectivity index (χ0) is 14.0. The Morgan fingerprint density at radius 3 is 2.79 bits per heavy atom. The monoisotopic (exact) mass is 262 g/mol. The first kappa shape index (κ1) is 12.9. The molecule has 7 nitrogen and oxygen atoms in total. The van der Waals surface area contributed by atoms with E-state index < -0.39 is 5.91 Å². The van der Waals surface area contributed by atoms with Crippen LogP contribution in [0.3, 0.4) is 0 Å². The fraction of sp³-hybridized carbons (Fsp3) is 0.250. The summed E-state index contributed by atoms with van der Waals surface area (Å²) < 4.78 is 4.43. The number of aromatic hydroxyl groups is 1. The Bertz CT molecular complexity index is 609. The van der Waals surface area contributed by atoms with E-state index in [1.807, 2.05) is 13.8 Å². The number of carbonyl (C=O) groups is 1. The maximum atomic E-state index is 12.3. The quantitative estimate of drug-likeness (QED) is 0.864. The highest BCUT2D eigenvalue weighted by molar-refractivity contribution is 6.07. The summed E-state index contributed by atoms with van der Waals surface area (Å²) >= 11 is 0. The van der Waals surface area contributed by atoms with E-state index in [2.05, 4.69) is 14.9 Å². The topological polar surface area (TPSA) is 105 Å². The van der Waals surface area contributed by atoms with E-state index >= 15 is 0 Å². The van der Waals surface area contributed by atoms with Crippen LogP contribution >= 0.6 is 0 Å². The molecular weight excluding hydrogens is 248 g/mol. The van der Waals surface area contributed by atoms with Gasteiger partial charge >= 0.3 is 0 Å². The van der Waals surface area contributed by atoms with E-state index in [1.165, 1.54) is 11.0 Å². The zero-order valence-electron chi connectivity index (χ0n) is 10.6. The van der Waals surface area contributed by atoms with Crippen molar-refractivity contribution in [2.45, 2.75) is 13.8 Å². The van der Waals surface area contributed by atoms with Crippen molar-refractivity contribution in [3.05, 3.63) is 29.5 Å². The summed E-state index contributed by atoms with van der Waals surface area (Å²) in [5.41, 5.74) is 6.92. The van der Waals surface area contributed by atoms with Crippen LogP contribution in [-0.2, 0) is 0 Å². The maximum Gasteiger partial charge on any atom is 0.284 e. The molecule has 0 atom stereocenters. The summed E-state index contributed by atoms with van der Waals surface area (Å²) in [6, 6.07) is 4.80. The van der Waals surface area contributed by atoms with E-state index in [0.29, 0.717) is 12.2 Å². The van der Waals surface area contributed by atoms with Gasteiger partial charge in [0, 0.05) is 12.6 Å². The summed E-state index contributed by atoms with van der Waals surface area (Å²) in [6.45, 7) is 4.05. The molecular formula is C12H14N4O3. The predicted molar refractivity (Wildman–Crippen MR) is 68.9 cm³/mol. The number of hydrogen-bond donors (Lipinski definition) is 2. The van der Waals surface area contributed by atoms with Gasteiger partial charge in [0.15, 0.2) is 0 Å². The minimum absolute atomic E-state index is 0.0374. The van der Waals surface area contributed by atoms with Crippen molar-refractivity contribution in [2.24, 2.45) is 0 Å². The lowest BCUT2D eigenvalue weighted by molar-refractivity contribution is 0.0979. The molecule has 2 rings (SSSR count). The molecule has 3 N–H and O–H groups in total. The fourth-order valence-electron chi connectivity index (χ4n) is 1.78. The third-order valence-corrected chi connectivity index (χ3v) is 2.76. The highest BCUT2D eigenvalue weighted by atomic mass is 16.6. The standard InChI is InChI=1S/C12H14N4O3/c1-3-16(9-6-8(17)5-4-7(9)2)12(18)10-11(13)15-19-14-10/h4-6,17H,3H2,1-2H3,(H2,13,15). The lowest BCUT2D eigenvalue weighted by Crippen LogP contribution is -2.32. The number of hydrogen-bond acceptors (Lipinski definition) is 6. The van der Waals surface area contributed by atoms with Gasteiger partial charge in [-0.2, -0.15) is 0 Å². The summed E-state index contributed by atoms with van der Waals surface area (Å²) in [6.07, 6.45) is 0. The second-order valence-electron chi connectivity index (χ2n) is 4.02. The van der Waals surface area contributed by atoms with E-state index in [4.69, 9.17) is 5.73 Å². The van der Waals surface area contributed by atoms with Crippen molar-refractivity contribution in [3.63, 3.8) is 0 Å². The minimum atomic E-state index is -0.421. The summed E-state index contributed by atoms with van der Waals surface area (Å²) in [5.74, 6) is -0.394. The molecule has 0 unspecified atom stereocenters. The van der Waals surface area contributed by atoms with Crippen LogP contribution in [0.1, 0.15) is 23.0 Å². The molecule has 0 spiro atoms. The number of benzene rings is 1. The number of aromatic nitrogens is 2. The van der Waals surface area contributed by atoms with E-state index in [9.17, 15) is 9.90 Å². The summed E-state index contributed by atoms with van der Waals surface area (Å²) in [5, 5.41) is 16.4. The van der Waals surface area contributed by atoms with Crippen LogP contribution in [0.2, 0.25) is 0 Å². The van der Waals surface area contributed by atoms with E-state index in [1.54, 1.807) is 12.1 Å². The molecule has 0 aliphatic heterocycles. The first-order valence-electron chi connectivity index (χ1n) is 5.74. The Hall–Kier alpha value is -2.57. The number of nitrogen functional groups attached to an aromatic ring is 1. The summed E-state index contributed by atoms with van der Waals surface area (Å²) in [4.78, 5) is 13.8. The van der Waals surface area contributed by atoms with Crippen LogP contribution in [0.4, 0.5) is 11.5 Å². The molecule has 0 saturated heterocycles. The number of aryl methyl sites for hydroxylation is 1. The van der Waals surface area contributed by atoms with Crippen LogP contribution in [0.15, 0.2) is 22.8 Å². The molecule has 0 fully saturated rings. The van der Waals surface area contributed by atoms with Crippen LogP contribution in [-0.4, -0.2) is 27.9 Å². The molecule has 0 aliphatic rings. The number of anilines is 2. The van der Waals surface area contributed by atoms with Crippen molar-refractivity contribution in [3.8, 4) is 5.75 Å². The number of carbonyl (C=O) groups excluding carboxylic acids is 1. The number of phenols is 1. The lowest BCUT2D eigenvalue weighted by atomic mass is 10.1. The average molecular weight is 262 g/mol. The molecule has 100 valence electrons. The highest BCUT2D eigenvalue weighted by Crippen LogP contribution is 2.26. The minimum Gasteiger partial charge on any atom is -0.508 e. The van der Waals surface area contributed by atoms with Gasteiger partial charge in [0.1, 0.15) is 5.75 Å². The van der Waals surface area contributed by atoms with Crippen molar-refractivity contribution in [1.29, 1.82) is 0 Å². The highest BCUT2D eigenvalue weighted by Gasteiger charge is 2.24. The Kier molecular flexibility index (Phi) is 3.37. The first-order valence-corrected chi connectivity index (χ1v) is 5.74. The number of nitrogens with zero attached hydrogens (tertiary/aromatic N) is 3. The van der Waals surface area contributed by atoms with Gasteiger partial charge in [0.2, 0.25) is 11.5 Å². The number of rotatable bonds is 3. The number of phenolic OH excluding ortho intramolecular Hbond substituents is 1. The Balaban J connectivity index is 2.43. The molecule has 0 aliphatic carbocycles. The SMILES string of the molecule is CCN(C(=O)c1nonc1N)c1cc(O)ccc1C. The van der Waals surface area contributed by atoms with E-state index in [0.717, 1.165) is 5.56 Å². The van der Waals surface area contributed by atoms with Gasteiger partial charge in [-0.1, -0.05) is 6.07 Å². The number of nitrogens with two attached hydrogens (primary N) is 1. The van der Waals surface area contributed by atoms with Gasteiger partial charge in [-0.05, 0) is 35.8 Å². The van der Waals surface area contributed by atoms with Gasteiger partial charge in [-0.25, -0.2) is 4.63 Å². The second kappa shape index (κ2) is 4.97. The van der Waals surface area contributed by atoms with E-state index in [-0.39, 0.29) is 17.3 Å². The van der Waals surface area contributed by atoms with Gasteiger partial charge in [-0.3, -0.25) is 4.79 Å². The van der Waals surface area contributed by atoms with Crippen molar-refractivity contribution in [1.82, 2.24) is 10.3 Å². The Labute approximate surface area is 109 Å². The van der Waals surface area contributed by atoms with Gasteiger partial charge in [-0.15, -0.1) is 0 Å². The molecule has 19 heavy (non-hydrogen) atoms. The van der Waals surface area contributed by atoms with Crippen LogP contribution in [0.25, 0.3) is 0 Å². The largest absolute Gasteiger partial charge is 0.508 e. The normalized spacial score (nSPS) is 10.4. The fourth-order valence-corrected chi connectivity index (χ4v) is 1.78. The molecule has 0 saturated carbocycles. The van der Waals surface area contributed by atoms with Gasteiger partial charge < -0.3 is 15.7 Å². The molecule has 1 aromatic carbocycles. The zero-order valence-corrected chi connectivity index (χ0v) is 10.6. The van der Waals surface area contributed by atoms with Crippen LogP contribution < -0.4 is 10.6 Å². The maximum absolute atomic E-state index is 12.3. The summed E-state index contributed by atoms with van der Waals surface area (Å²) in [7, 11) is 0. The third-order valence-electron chi connectivity index (χ3n) is 2.76. The molecule has 0 radical (unpaired) electrons. The lowest BCUT2D eigenvalue weighted by Gasteiger charge is -2.22. The molecule has 1 amide bonds.